The van der Waals surface area contributed by atoms with Crippen LogP contribution < -0.4 is 9.73 Å². The van der Waals surface area contributed by atoms with Crippen LogP contribution in [0.1, 0.15) is 5.56 Å². The van der Waals surface area contributed by atoms with Crippen LogP contribution in [0.5, 0.6) is 0 Å². The molecule has 0 aliphatic heterocycles. The van der Waals surface area contributed by atoms with E-state index >= 15 is 0 Å². The number of rotatable bonds is 6. The van der Waals surface area contributed by atoms with Crippen LogP contribution in [-0.2, 0) is 14.8 Å². The number of carbonyl (C=O) groups excluding carboxylic acids is 1. The fraction of sp³-hybridized carbons (Fsp3) is 0.125. The maximum absolute atomic E-state index is 12.8. The van der Waals surface area contributed by atoms with Crippen LogP contribution in [0.4, 0.5) is 10.1 Å². The van der Waals surface area contributed by atoms with E-state index in [2.05, 4.69) is 10.5 Å². The minimum atomic E-state index is -3.77. The molecule has 0 bridgehead atoms. The molecule has 0 saturated heterocycles. The van der Waals surface area contributed by atoms with Crippen molar-refractivity contribution in [1.29, 1.82) is 0 Å². The van der Waals surface area contributed by atoms with E-state index in [4.69, 9.17) is 23.2 Å². The first-order valence-corrected chi connectivity index (χ1v) is 9.77. The van der Waals surface area contributed by atoms with Gasteiger partial charge in [-0.05, 0) is 35.9 Å². The minimum Gasteiger partial charge on any atom is -0.271 e. The van der Waals surface area contributed by atoms with Crippen molar-refractivity contribution in [2.75, 3.05) is 17.1 Å². The molecule has 6 nitrogen and oxygen atoms in total. The van der Waals surface area contributed by atoms with Crippen LogP contribution in [0.2, 0.25) is 10.0 Å². The highest BCUT2D eigenvalue weighted by molar-refractivity contribution is 7.92. The zero-order chi connectivity index (χ0) is 19.3. The summed E-state index contributed by atoms with van der Waals surface area (Å²) in [5.74, 6) is -1.07. The molecule has 0 aliphatic carbocycles. The van der Waals surface area contributed by atoms with Crippen LogP contribution >= 0.6 is 23.2 Å². The van der Waals surface area contributed by atoms with Crippen LogP contribution in [0.15, 0.2) is 47.6 Å². The zero-order valence-corrected chi connectivity index (χ0v) is 15.8. The Bertz CT molecular complexity index is 914. The number of carbonyl (C=O) groups is 1. The Morgan fingerprint density at radius 3 is 2.31 bits per heavy atom. The third-order valence-corrected chi connectivity index (χ3v) is 4.67. The topological polar surface area (TPSA) is 78.8 Å². The van der Waals surface area contributed by atoms with E-state index in [0.717, 1.165) is 10.6 Å². The van der Waals surface area contributed by atoms with Crippen molar-refractivity contribution < 1.29 is 17.6 Å². The van der Waals surface area contributed by atoms with Crippen molar-refractivity contribution in [2.24, 2.45) is 5.10 Å². The van der Waals surface area contributed by atoms with E-state index in [0.29, 0.717) is 5.56 Å². The van der Waals surface area contributed by atoms with E-state index < -0.39 is 28.3 Å². The highest BCUT2D eigenvalue weighted by Crippen LogP contribution is 2.26. The lowest BCUT2D eigenvalue weighted by Crippen LogP contribution is -2.39. The Balaban J connectivity index is 2.11. The van der Waals surface area contributed by atoms with Gasteiger partial charge in [0.15, 0.2) is 0 Å². The number of nitrogens with zero attached hydrogens (tertiary/aromatic N) is 2. The molecule has 0 saturated carbocycles. The molecule has 0 fully saturated rings. The van der Waals surface area contributed by atoms with Crippen LogP contribution in [0.25, 0.3) is 0 Å². The number of hydrazone groups is 1. The van der Waals surface area contributed by atoms with Gasteiger partial charge in [-0.25, -0.2) is 18.2 Å². The van der Waals surface area contributed by atoms with Gasteiger partial charge < -0.3 is 0 Å². The van der Waals surface area contributed by atoms with Gasteiger partial charge in [0.25, 0.3) is 5.91 Å². The van der Waals surface area contributed by atoms with Gasteiger partial charge >= 0.3 is 0 Å². The fourth-order valence-electron chi connectivity index (χ4n) is 1.98. The predicted molar refractivity (Wildman–Crippen MR) is 101 cm³/mol. The Morgan fingerprint density at radius 2 is 1.77 bits per heavy atom. The van der Waals surface area contributed by atoms with E-state index in [1.165, 1.54) is 48.7 Å². The monoisotopic (exact) mass is 417 g/mol. The average molecular weight is 418 g/mol. The molecule has 1 amide bonds. The maximum atomic E-state index is 12.8. The highest BCUT2D eigenvalue weighted by atomic mass is 35.5. The summed E-state index contributed by atoms with van der Waals surface area (Å²) in [4.78, 5) is 12.0. The number of nitrogens with one attached hydrogen (secondary N) is 1. The molecule has 2 aromatic rings. The van der Waals surface area contributed by atoms with E-state index in [9.17, 15) is 17.6 Å². The number of hydrogen-bond acceptors (Lipinski definition) is 4. The molecule has 138 valence electrons. The lowest BCUT2D eigenvalue weighted by Gasteiger charge is -2.21. The molecular weight excluding hydrogens is 404 g/mol. The summed E-state index contributed by atoms with van der Waals surface area (Å²) in [6, 6.07) is 9.64. The Hall–Kier alpha value is -2.16. The van der Waals surface area contributed by atoms with Crippen LogP contribution in [0.3, 0.4) is 0 Å². The fourth-order valence-corrected chi connectivity index (χ4v) is 3.33. The van der Waals surface area contributed by atoms with Gasteiger partial charge in [0.1, 0.15) is 12.4 Å². The number of benzene rings is 2. The summed E-state index contributed by atoms with van der Waals surface area (Å²) >= 11 is 11.8. The molecule has 1 N–H and O–H groups in total. The number of anilines is 1. The van der Waals surface area contributed by atoms with Gasteiger partial charge in [-0.15, -0.1) is 0 Å². The number of sulfonamides is 1. The van der Waals surface area contributed by atoms with Crippen molar-refractivity contribution in [1.82, 2.24) is 5.43 Å². The van der Waals surface area contributed by atoms with Crippen molar-refractivity contribution >= 4 is 51.0 Å². The normalized spacial score (nSPS) is 11.5. The first-order chi connectivity index (χ1) is 12.1. The van der Waals surface area contributed by atoms with Gasteiger partial charge in [0.2, 0.25) is 10.0 Å². The summed E-state index contributed by atoms with van der Waals surface area (Å²) in [5, 5.41) is 4.18. The van der Waals surface area contributed by atoms with Gasteiger partial charge in [-0.1, -0.05) is 35.3 Å². The second-order valence-electron chi connectivity index (χ2n) is 5.24. The Morgan fingerprint density at radius 1 is 1.19 bits per heavy atom. The van der Waals surface area contributed by atoms with Crippen molar-refractivity contribution in [3.63, 3.8) is 0 Å². The summed E-state index contributed by atoms with van der Waals surface area (Å²) in [7, 11) is -3.77. The minimum absolute atomic E-state index is 0.155. The Labute approximate surface area is 160 Å². The standard InChI is InChI=1S/C16H14Cl2FN3O3S/c1-26(24,25)22(15-7-12(17)6-13(18)8-15)10-16(23)21-20-9-11-2-4-14(19)5-3-11/h2-9H,10H2,1H3,(H,21,23)/b20-9-. The maximum Gasteiger partial charge on any atom is 0.260 e. The molecule has 0 radical (unpaired) electrons. The summed E-state index contributed by atoms with van der Waals surface area (Å²) in [6.07, 6.45) is 2.26. The lowest BCUT2D eigenvalue weighted by molar-refractivity contribution is -0.119. The third-order valence-electron chi connectivity index (χ3n) is 3.10. The first kappa shape index (κ1) is 20.2. The van der Waals surface area contributed by atoms with Crippen LogP contribution in [0, 0.1) is 5.82 Å². The molecule has 0 atom stereocenters. The average Bonchev–Trinajstić information content (AvgIpc) is 2.52. The van der Waals surface area contributed by atoms with Gasteiger partial charge in [0.05, 0.1) is 18.2 Å². The molecule has 10 heteroatoms. The van der Waals surface area contributed by atoms with Crippen molar-refractivity contribution in [3.8, 4) is 0 Å². The molecule has 2 aromatic carbocycles. The van der Waals surface area contributed by atoms with Crippen molar-refractivity contribution in [3.05, 3.63) is 63.9 Å². The lowest BCUT2D eigenvalue weighted by atomic mass is 10.2. The summed E-state index contributed by atoms with van der Waals surface area (Å²) in [6.45, 7) is -0.518. The molecule has 0 unspecified atom stereocenters. The Kier molecular flexibility index (Phi) is 6.57. The number of halogens is 3. The number of hydrogen-bond donors (Lipinski definition) is 1. The first-order valence-electron chi connectivity index (χ1n) is 7.16. The van der Waals surface area contributed by atoms with Crippen molar-refractivity contribution in [2.45, 2.75) is 0 Å². The predicted octanol–water partition coefficient (Wildman–Crippen LogP) is 3.05. The molecular formula is C16H14Cl2FN3O3S. The molecule has 0 spiro atoms. The van der Waals surface area contributed by atoms with Crippen LogP contribution in [-0.4, -0.2) is 33.3 Å². The number of amides is 1. The molecule has 0 heterocycles. The second-order valence-corrected chi connectivity index (χ2v) is 8.02. The molecule has 0 aromatic heterocycles. The second kappa shape index (κ2) is 8.48. The third kappa shape index (κ3) is 5.98. The zero-order valence-electron chi connectivity index (χ0n) is 13.5. The molecule has 26 heavy (non-hydrogen) atoms. The largest absolute Gasteiger partial charge is 0.271 e. The van der Waals surface area contributed by atoms with E-state index in [1.807, 2.05) is 0 Å². The molecule has 0 aliphatic rings. The van der Waals surface area contributed by atoms with Gasteiger partial charge in [-0.3, -0.25) is 9.10 Å². The van der Waals surface area contributed by atoms with E-state index in [1.54, 1.807) is 0 Å². The highest BCUT2D eigenvalue weighted by Gasteiger charge is 2.21. The van der Waals surface area contributed by atoms with E-state index in [-0.39, 0.29) is 15.7 Å². The summed E-state index contributed by atoms with van der Waals surface area (Å²) in [5.41, 5.74) is 2.93. The smallest absolute Gasteiger partial charge is 0.260 e. The summed E-state index contributed by atoms with van der Waals surface area (Å²) < 4.78 is 37.7. The SMILES string of the molecule is CS(=O)(=O)N(CC(=O)N/N=C\c1ccc(F)cc1)c1cc(Cl)cc(Cl)c1. The van der Waals surface area contributed by atoms with Gasteiger partial charge in [0, 0.05) is 10.0 Å². The quantitative estimate of drug-likeness (QED) is 0.579. The van der Waals surface area contributed by atoms with Gasteiger partial charge in [-0.2, -0.15) is 5.10 Å². The molecule has 2 rings (SSSR count).